The molecule has 3 N–H and O–H groups in total. The predicted octanol–water partition coefficient (Wildman–Crippen LogP) is 2.52. The lowest BCUT2D eigenvalue weighted by Crippen LogP contribution is -2.11. The molecule has 0 amide bonds. The SMILES string of the molecule is Cc1ccc(-c2cc(C)nc(NCCCN)n2)cc1. The Morgan fingerprint density at radius 2 is 1.84 bits per heavy atom. The summed E-state index contributed by atoms with van der Waals surface area (Å²) < 4.78 is 0. The highest BCUT2D eigenvalue weighted by molar-refractivity contribution is 5.61. The van der Waals surface area contributed by atoms with E-state index in [4.69, 9.17) is 5.73 Å². The Labute approximate surface area is 114 Å². The quantitative estimate of drug-likeness (QED) is 0.807. The second-order valence-corrected chi connectivity index (χ2v) is 4.65. The smallest absolute Gasteiger partial charge is 0.223 e. The lowest BCUT2D eigenvalue weighted by molar-refractivity contribution is 0.862. The first-order chi connectivity index (χ1) is 9.19. The summed E-state index contributed by atoms with van der Waals surface area (Å²) in [7, 11) is 0. The maximum atomic E-state index is 5.48. The Balaban J connectivity index is 2.23. The van der Waals surface area contributed by atoms with Gasteiger partial charge >= 0.3 is 0 Å². The number of nitrogens with two attached hydrogens (primary N) is 1. The number of benzene rings is 1. The highest BCUT2D eigenvalue weighted by Gasteiger charge is 2.04. The zero-order valence-electron chi connectivity index (χ0n) is 11.5. The van der Waals surface area contributed by atoms with E-state index in [2.05, 4.69) is 46.5 Å². The van der Waals surface area contributed by atoms with E-state index in [-0.39, 0.29) is 0 Å². The molecule has 0 fully saturated rings. The molecule has 0 atom stereocenters. The first kappa shape index (κ1) is 13.5. The van der Waals surface area contributed by atoms with Crippen LogP contribution in [-0.2, 0) is 0 Å². The van der Waals surface area contributed by atoms with Crippen molar-refractivity contribution in [3.8, 4) is 11.3 Å². The molecular weight excluding hydrogens is 236 g/mol. The van der Waals surface area contributed by atoms with E-state index in [1.165, 1.54) is 5.56 Å². The fourth-order valence-corrected chi connectivity index (χ4v) is 1.82. The Bertz CT molecular complexity index is 534. The first-order valence-corrected chi connectivity index (χ1v) is 6.55. The van der Waals surface area contributed by atoms with Crippen LogP contribution in [0.2, 0.25) is 0 Å². The van der Waals surface area contributed by atoms with Crippen molar-refractivity contribution in [3.05, 3.63) is 41.6 Å². The third-order valence-corrected chi connectivity index (χ3v) is 2.87. The molecule has 0 aliphatic carbocycles. The van der Waals surface area contributed by atoms with Crippen molar-refractivity contribution in [2.45, 2.75) is 20.3 Å². The maximum absolute atomic E-state index is 5.48. The van der Waals surface area contributed by atoms with Gasteiger partial charge in [-0.15, -0.1) is 0 Å². The van der Waals surface area contributed by atoms with Crippen molar-refractivity contribution in [1.82, 2.24) is 9.97 Å². The molecule has 0 unspecified atom stereocenters. The molecule has 4 heteroatoms. The summed E-state index contributed by atoms with van der Waals surface area (Å²) in [5.41, 5.74) is 9.74. The molecule has 0 aliphatic heterocycles. The van der Waals surface area contributed by atoms with Crippen LogP contribution in [0.5, 0.6) is 0 Å². The summed E-state index contributed by atoms with van der Waals surface area (Å²) in [5.74, 6) is 0.670. The van der Waals surface area contributed by atoms with E-state index < -0.39 is 0 Å². The number of nitrogens with zero attached hydrogens (tertiary/aromatic N) is 2. The topological polar surface area (TPSA) is 63.8 Å². The second-order valence-electron chi connectivity index (χ2n) is 4.65. The third kappa shape index (κ3) is 3.76. The Morgan fingerprint density at radius 3 is 2.53 bits per heavy atom. The highest BCUT2D eigenvalue weighted by atomic mass is 15.1. The molecule has 100 valence electrons. The van der Waals surface area contributed by atoms with Crippen LogP contribution in [0.1, 0.15) is 17.7 Å². The molecule has 19 heavy (non-hydrogen) atoms. The normalized spacial score (nSPS) is 10.5. The minimum Gasteiger partial charge on any atom is -0.354 e. The van der Waals surface area contributed by atoms with E-state index in [0.717, 1.165) is 29.9 Å². The number of hydrogen-bond acceptors (Lipinski definition) is 4. The van der Waals surface area contributed by atoms with E-state index >= 15 is 0 Å². The Morgan fingerprint density at radius 1 is 1.11 bits per heavy atom. The zero-order valence-corrected chi connectivity index (χ0v) is 11.5. The number of anilines is 1. The van der Waals surface area contributed by atoms with Gasteiger partial charge in [0.15, 0.2) is 0 Å². The average Bonchev–Trinajstić information content (AvgIpc) is 2.39. The minimum absolute atomic E-state index is 0.670. The van der Waals surface area contributed by atoms with Gasteiger partial charge in [0.1, 0.15) is 0 Å². The number of aryl methyl sites for hydroxylation is 2. The van der Waals surface area contributed by atoms with Gasteiger partial charge in [0, 0.05) is 17.8 Å². The molecule has 0 aliphatic rings. The van der Waals surface area contributed by atoms with Crippen molar-refractivity contribution >= 4 is 5.95 Å². The number of hydrogen-bond donors (Lipinski definition) is 2. The van der Waals surface area contributed by atoms with Gasteiger partial charge in [-0.1, -0.05) is 29.8 Å². The van der Waals surface area contributed by atoms with Gasteiger partial charge in [-0.25, -0.2) is 9.97 Å². The molecule has 0 bridgehead atoms. The van der Waals surface area contributed by atoms with Crippen molar-refractivity contribution in [3.63, 3.8) is 0 Å². The molecule has 0 saturated carbocycles. The minimum atomic E-state index is 0.670. The molecule has 1 aromatic carbocycles. The van der Waals surface area contributed by atoms with E-state index in [1.54, 1.807) is 0 Å². The standard InChI is InChI=1S/C15H20N4/c1-11-4-6-13(7-5-11)14-10-12(2)18-15(19-14)17-9-3-8-16/h4-7,10H,3,8-9,16H2,1-2H3,(H,17,18,19). The van der Waals surface area contributed by atoms with Crippen LogP contribution in [0.4, 0.5) is 5.95 Å². The van der Waals surface area contributed by atoms with E-state index in [1.807, 2.05) is 13.0 Å². The summed E-state index contributed by atoms with van der Waals surface area (Å²) in [6.45, 7) is 5.53. The zero-order chi connectivity index (χ0) is 13.7. The Hall–Kier alpha value is -1.94. The van der Waals surface area contributed by atoms with Crippen LogP contribution in [0.15, 0.2) is 30.3 Å². The monoisotopic (exact) mass is 256 g/mol. The van der Waals surface area contributed by atoms with Crippen molar-refractivity contribution in [1.29, 1.82) is 0 Å². The second kappa shape index (κ2) is 6.29. The molecule has 1 aromatic heterocycles. The largest absolute Gasteiger partial charge is 0.354 e. The van der Waals surface area contributed by atoms with Gasteiger partial charge in [0.25, 0.3) is 0 Å². The first-order valence-electron chi connectivity index (χ1n) is 6.55. The average molecular weight is 256 g/mol. The summed E-state index contributed by atoms with van der Waals surface area (Å²) in [6.07, 6.45) is 0.914. The molecule has 0 spiro atoms. The van der Waals surface area contributed by atoms with E-state index in [0.29, 0.717) is 12.5 Å². The van der Waals surface area contributed by atoms with Gasteiger partial charge < -0.3 is 11.1 Å². The van der Waals surface area contributed by atoms with Crippen molar-refractivity contribution in [2.24, 2.45) is 5.73 Å². The summed E-state index contributed by atoms with van der Waals surface area (Å²) in [6, 6.07) is 10.4. The van der Waals surface area contributed by atoms with Gasteiger partial charge in [-0.2, -0.15) is 0 Å². The van der Waals surface area contributed by atoms with E-state index in [9.17, 15) is 0 Å². The summed E-state index contributed by atoms with van der Waals surface area (Å²) in [4.78, 5) is 8.93. The molecular formula is C15H20N4. The number of rotatable bonds is 5. The fraction of sp³-hybridized carbons (Fsp3) is 0.333. The van der Waals surface area contributed by atoms with Crippen LogP contribution in [0, 0.1) is 13.8 Å². The molecule has 0 saturated heterocycles. The molecule has 0 radical (unpaired) electrons. The van der Waals surface area contributed by atoms with Crippen LogP contribution < -0.4 is 11.1 Å². The van der Waals surface area contributed by atoms with Crippen LogP contribution in [-0.4, -0.2) is 23.1 Å². The Kier molecular flexibility index (Phi) is 4.47. The van der Waals surface area contributed by atoms with Gasteiger partial charge in [-0.3, -0.25) is 0 Å². The fourth-order valence-electron chi connectivity index (χ4n) is 1.82. The maximum Gasteiger partial charge on any atom is 0.223 e. The van der Waals surface area contributed by atoms with Gasteiger partial charge in [0.2, 0.25) is 5.95 Å². The molecule has 2 rings (SSSR count). The molecule has 1 heterocycles. The molecule has 4 nitrogen and oxygen atoms in total. The highest BCUT2D eigenvalue weighted by Crippen LogP contribution is 2.19. The van der Waals surface area contributed by atoms with Crippen LogP contribution >= 0.6 is 0 Å². The predicted molar refractivity (Wildman–Crippen MR) is 79.1 cm³/mol. The lowest BCUT2D eigenvalue weighted by atomic mass is 10.1. The summed E-state index contributed by atoms with van der Waals surface area (Å²) >= 11 is 0. The summed E-state index contributed by atoms with van der Waals surface area (Å²) in [5, 5.41) is 3.21. The van der Waals surface area contributed by atoms with Crippen LogP contribution in [0.3, 0.4) is 0 Å². The third-order valence-electron chi connectivity index (χ3n) is 2.87. The van der Waals surface area contributed by atoms with Crippen molar-refractivity contribution in [2.75, 3.05) is 18.4 Å². The van der Waals surface area contributed by atoms with Gasteiger partial charge in [0.05, 0.1) is 5.69 Å². The van der Waals surface area contributed by atoms with Crippen molar-refractivity contribution < 1.29 is 0 Å². The lowest BCUT2D eigenvalue weighted by Gasteiger charge is -2.08. The van der Waals surface area contributed by atoms with Gasteiger partial charge in [-0.05, 0) is 32.9 Å². The van der Waals surface area contributed by atoms with Crippen LogP contribution in [0.25, 0.3) is 11.3 Å². The molecule has 2 aromatic rings. The number of nitrogens with one attached hydrogen (secondary N) is 1. The number of aromatic nitrogens is 2.